The molecule has 0 saturated carbocycles. The zero-order chi connectivity index (χ0) is 9.14. The third kappa shape index (κ3) is 1.97. The van der Waals surface area contributed by atoms with E-state index in [1.165, 1.54) is 6.42 Å². The molecule has 12 heavy (non-hydrogen) atoms. The first kappa shape index (κ1) is 9.52. The van der Waals surface area contributed by atoms with Crippen LogP contribution in [0.5, 0.6) is 0 Å². The van der Waals surface area contributed by atoms with Crippen molar-refractivity contribution in [3.63, 3.8) is 0 Å². The molecule has 0 aliphatic carbocycles. The molecule has 1 rings (SSSR count). The predicted molar refractivity (Wildman–Crippen MR) is 48.7 cm³/mol. The van der Waals surface area contributed by atoms with Gasteiger partial charge in [0.25, 0.3) is 0 Å². The van der Waals surface area contributed by atoms with Gasteiger partial charge in [-0.05, 0) is 33.1 Å². The highest BCUT2D eigenvalue weighted by molar-refractivity contribution is 5.81. The Morgan fingerprint density at radius 3 is 2.75 bits per heavy atom. The fourth-order valence-electron chi connectivity index (χ4n) is 1.69. The van der Waals surface area contributed by atoms with Crippen molar-refractivity contribution in [2.24, 2.45) is 5.73 Å². The standard InChI is InChI=1S/C9H18N2O/c1-7-5-3-4-6-11(7)9(12)8(2)10/h7-8H,3-6,10H2,1-2H3/t7-,8+/m0/s1. The summed E-state index contributed by atoms with van der Waals surface area (Å²) >= 11 is 0. The minimum absolute atomic E-state index is 0.0993. The van der Waals surface area contributed by atoms with E-state index < -0.39 is 0 Å². The fourth-order valence-corrected chi connectivity index (χ4v) is 1.69. The lowest BCUT2D eigenvalue weighted by molar-refractivity contribution is -0.135. The minimum Gasteiger partial charge on any atom is -0.339 e. The van der Waals surface area contributed by atoms with Gasteiger partial charge in [-0.15, -0.1) is 0 Å². The summed E-state index contributed by atoms with van der Waals surface area (Å²) in [7, 11) is 0. The molecule has 1 aliphatic rings. The molecule has 0 unspecified atom stereocenters. The second kappa shape index (κ2) is 3.90. The smallest absolute Gasteiger partial charge is 0.239 e. The van der Waals surface area contributed by atoms with Crippen LogP contribution in [0.15, 0.2) is 0 Å². The Kier molecular flexibility index (Phi) is 3.09. The van der Waals surface area contributed by atoms with Crippen molar-refractivity contribution in [2.75, 3.05) is 6.54 Å². The summed E-state index contributed by atoms with van der Waals surface area (Å²) in [5.41, 5.74) is 5.54. The molecular formula is C9H18N2O. The van der Waals surface area contributed by atoms with E-state index in [-0.39, 0.29) is 11.9 Å². The molecule has 1 aliphatic heterocycles. The monoisotopic (exact) mass is 170 g/mol. The number of hydrogen-bond donors (Lipinski definition) is 1. The van der Waals surface area contributed by atoms with E-state index in [4.69, 9.17) is 5.73 Å². The largest absolute Gasteiger partial charge is 0.339 e. The lowest BCUT2D eigenvalue weighted by Gasteiger charge is -2.34. The number of carbonyl (C=O) groups is 1. The highest BCUT2D eigenvalue weighted by atomic mass is 16.2. The quantitative estimate of drug-likeness (QED) is 0.630. The minimum atomic E-state index is -0.342. The molecule has 2 atom stereocenters. The maximum absolute atomic E-state index is 11.5. The van der Waals surface area contributed by atoms with Gasteiger partial charge in [0.05, 0.1) is 6.04 Å². The number of carbonyl (C=O) groups excluding carboxylic acids is 1. The summed E-state index contributed by atoms with van der Waals surface area (Å²) in [4.78, 5) is 13.4. The number of hydrogen-bond acceptors (Lipinski definition) is 2. The number of amides is 1. The highest BCUT2D eigenvalue weighted by Crippen LogP contribution is 2.16. The number of rotatable bonds is 1. The maximum atomic E-state index is 11.5. The molecule has 2 N–H and O–H groups in total. The SMILES string of the molecule is C[C@@H](N)C(=O)N1CCCC[C@@H]1C. The van der Waals surface area contributed by atoms with E-state index in [9.17, 15) is 4.79 Å². The van der Waals surface area contributed by atoms with Crippen LogP contribution >= 0.6 is 0 Å². The van der Waals surface area contributed by atoms with Crippen LogP contribution in [0.4, 0.5) is 0 Å². The Hall–Kier alpha value is -0.570. The van der Waals surface area contributed by atoms with E-state index in [0.29, 0.717) is 6.04 Å². The third-order valence-electron chi connectivity index (χ3n) is 2.48. The second-order valence-electron chi connectivity index (χ2n) is 3.67. The van der Waals surface area contributed by atoms with E-state index in [2.05, 4.69) is 6.92 Å². The Morgan fingerprint density at radius 1 is 1.58 bits per heavy atom. The summed E-state index contributed by atoms with van der Waals surface area (Å²) in [6.45, 7) is 4.74. The van der Waals surface area contributed by atoms with Crippen molar-refractivity contribution in [3.8, 4) is 0 Å². The Morgan fingerprint density at radius 2 is 2.25 bits per heavy atom. The van der Waals surface area contributed by atoms with Crippen molar-refractivity contribution < 1.29 is 4.79 Å². The molecule has 0 aromatic rings. The van der Waals surface area contributed by atoms with Crippen LogP contribution in [0, 0.1) is 0 Å². The molecule has 70 valence electrons. The Bertz CT molecular complexity index is 168. The number of nitrogens with two attached hydrogens (primary N) is 1. The molecular weight excluding hydrogens is 152 g/mol. The average molecular weight is 170 g/mol. The van der Waals surface area contributed by atoms with Gasteiger partial charge < -0.3 is 10.6 Å². The van der Waals surface area contributed by atoms with Crippen LogP contribution in [-0.2, 0) is 4.79 Å². The van der Waals surface area contributed by atoms with Gasteiger partial charge in [0.1, 0.15) is 0 Å². The molecule has 0 bridgehead atoms. The molecule has 0 aromatic heterocycles. The van der Waals surface area contributed by atoms with Gasteiger partial charge in [0, 0.05) is 12.6 Å². The van der Waals surface area contributed by atoms with E-state index in [0.717, 1.165) is 19.4 Å². The maximum Gasteiger partial charge on any atom is 0.239 e. The van der Waals surface area contributed by atoms with E-state index >= 15 is 0 Å². The third-order valence-corrected chi connectivity index (χ3v) is 2.48. The van der Waals surface area contributed by atoms with Gasteiger partial charge >= 0.3 is 0 Å². The van der Waals surface area contributed by atoms with Gasteiger partial charge in [0.15, 0.2) is 0 Å². The first-order valence-corrected chi connectivity index (χ1v) is 4.69. The highest BCUT2D eigenvalue weighted by Gasteiger charge is 2.24. The molecule has 0 aromatic carbocycles. The molecule has 0 radical (unpaired) electrons. The normalized spacial score (nSPS) is 26.9. The van der Waals surface area contributed by atoms with Crippen LogP contribution in [-0.4, -0.2) is 29.4 Å². The molecule has 1 heterocycles. The first-order valence-electron chi connectivity index (χ1n) is 4.69. The van der Waals surface area contributed by atoms with Crippen molar-refractivity contribution >= 4 is 5.91 Å². The van der Waals surface area contributed by atoms with Gasteiger partial charge in [-0.2, -0.15) is 0 Å². The lowest BCUT2D eigenvalue weighted by atomic mass is 10.0. The first-order chi connectivity index (χ1) is 5.63. The van der Waals surface area contributed by atoms with Crippen molar-refractivity contribution in [3.05, 3.63) is 0 Å². The van der Waals surface area contributed by atoms with Gasteiger partial charge in [-0.3, -0.25) is 4.79 Å². The van der Waals surface area contributed by atoms with E-state index in [1.807, 2.05) is 4.90 Å². The zero-order valence-electron chi connectivity index (χ0n) is 7.92. The van der Waals surface area contributed by atoms with Crippen molar-refractivity contribution in [1.29, 1.82) is 0 Å². The van der Waals surface area contributed by atoms with Crippen molar-refractivity contribution in [2.45, 2.75) is 45.2 Å². The number of piperidine rings is 1. The van der Waals surface area contributed by atoms with Crippen LogP contribution in [0.25, 0.3) is 0 Å². The summed E-state index contributed by atoms with van der Waals surface area (Å²) in [5.74, 6) is 0.0993. The fraction of sp³-hybridized carbons (Fsp3) is 0.889. The Balaban J connectivity index is 2.53. The summed E-state index contributed by atoms with van der Waals surface area (Å²) in [6.07, 6.45) is 3.49. The molecule has 3 nitrogen and oxygen atoms in total. The van der Waals surface area contributed by atoms with Crippen LogP contribution in [0.2, 0.25) is 0 Å². The molecule has 3 heteroatoms. The summed E-state index contributed by atoms with van der Waals surface area (Å²) in [6, 6.07) is 0.0443. The van der Waals surface area contributed by atoms with Crippen LogP contribution in [0.1, 0.15) is 33.1 Å². The molecule has 1 fully saturated rings. The summed E-state index contributed by atoms with van der Waals surface area (Å²) in [5, 5.41) is 0. The van der Waals surface area contributed by atoms with Gasteiger partial charge in [-0.25, -0.2) is 0 Å². The van der Waals surface area contributed by atoms with Gasteiger partial charge in [-0.1, -0.05) is 0 Å². The molecule has 0 spiro atoms. The number of nitrogens with zero attached hydrogens (tertiary/aromatic N) is 1. The average Bonchev–Trinajstić information content (AvgIpc) is 2.04. The van der Waals surface area contributed by atoms with E-state index in [1.54, 1.807) is 6.92 Å². The Labute approximate surface area is 73.9 Å². The number of likely N-dealkylation sites (tertiary alicyclic amines) is 1. The predicted octanol–water partition coefficient (Wildman–Crippen LogP) is 0.735. The second-order valence-corrected chi connectivity index (χ2v) is 3.67. The summed E-state index contributed by atoms with van der Waals surface area (Å²) < 4.78 is 0. The van der Waals surface area contributed by atoms with Crippen LogP contribution in [0.3, 0.4) is 0 Å². The zero-order valence-corrected chi connectivity index (χ0v) is 7.92. The van der Waals surface area contributed by atoms with Crippen molar-refractivity contribution in [1.82, 2.24) is 4.90 Å². The molecule has 1 amide bonds. The van der Waals surface area contributed by atoms with Gasteiger partial charge in [0.2, 0.25) is 5.91 Å². The van der Waals surface area contributed by atoms with Crippen LogP contribution < -0.4 is 5.73 Å². The lowest BCUT2D eigenvalue weighted by Crippen LogP contribution is -2.48. The topological polar surface area (TPSA) is 46.3 Å². The molecule has 1 saturated heterocycles.